The Balaban J connectivity index is 3.13. The molecule has 0 heterocycles. The second-order valence-electron chi connectivity index (χ2n) is 4.33. The van der Waals surface area contributed by atoms with Crippen LogP contribution in [0.5, 0.6) is 0 Å². The minimum Gasteiger partial charge on any atom is -0.376 e. The molecule has 0 aromatic heterocycles. The second-order valence-corrected chi connectivity index (χ2v) is 4.33. The number of hydrogen-bond acceptors (Lipinski definition) is 2. The van der Waals surface area contributed by atoms with Gasteiger partial charge in [-0.15, -0.1) is 0 Å². The van der Waals surface area contributed by atoms with E-state index in [0.717, 1.165) is 12.8 Å². The van der Waals surface area contributed by atoms with Crippen molar-refractivity contribution in [2.75, 3.05) is 0 Å². The van der Waals surface area contributed by atoms with Gasteiger partial charge in [-0.3, -0.25) is 0 Å². The van der Waals surface area contributed by atoms with Crippen LogP contribution in [-0.4, -0.2) is 10.8 Å². The minimum atomic E-state index is -0.913. The lowest BCUT2D eigenvalue weighted by molar-refractivity contribution is 0.0314. The van der Waals surface area contributed by atoms with E-state index in [0.29, 0.717) is 6.42 Å². The summed E-state index contributed by atoms with van der Waals surface area (Å²) >= 11 is 0. The average Bonchev–Trinajstić information content (AvgIpc) is 2.16. The first kappa shape index (κ1) is 13.9. The molecule has 0 aliphatic carbocycles. The fraction of sp³-hybridized carbons (Fsp3) is 1.00. The van der Waals surface area contributed by atoms with E-state index >= 15 is 0 Å². The van der Waals surface area contributed by atoms with Gasteiger partial charge >= 0.3 is 0 Å². The van der Waals surface area contributed by atoms with Crippen LogP contribution in [0.25, 0.3) is 0 Å². The summed E-state index contributed by atoms with van der Waals surface area (Å²) in [6.07, 6.45) is 10.3. The lowest BCUT2D eigenvalue weighted by Gasteiger charge is -2.20. The molecule has 0 amide bonds. The Morgan fingerprint density at radius 1 is 0.929 bits per heavy atom. The fourth-order valence-corrected chi connectivity index (χ4v) is 1.57. The van der Waals surface area contributed by atoms with E-state index in [1.54, 1.807) is 0 Å². The molecule has 14 heavy (non-hydrogen) atoms. The monoisotopic (exact) mass is 201 g/mol. The van der Waals surface area contributed by atoms with Crippen molar-refractivity contribution in [1.82, 2.24) is 0 Å². The van der Waals surface area contributed by atoms with E-state index in [9.17, 15) is 5.11 Å². The predicted octanol–water partition coefficient (Wildman–Crippen LogP) is 3.18. The number of aliphatic hydroxyl groups is 1. The Morgan fingerprint density at radius 3 is 1.93 bits per heavy atom. The zero-order chi connectivity index (χ0) is 10.9. The highest BCUT2D eigenvalue weighted by Crippen LogP contribution is 2.14. The fourth-order valence-electron chi connectivity index (χ4n) is 1.57. The van der Waals surface area contributed by atoms with Crippen LogP contribution in [-0.2, 0) is 0 Å². The number of nitrogens with two attached hydrogens (primary N) is 1. The van der Waals surface area contributed by atoms with Crippen LogP contribution in [0, 0.1) is 0 Å². The van der Waals surface area contributed by atoms with Gasteiger partial charge in [-0.05, 0) is 19.3 Å². The van der Waals surface area contributed by atoms with E-state index < -0.39 is 5.72 Å². The molecule has 2 nitrogen and oxygen atoms in total. The molecular formula is C12H27NO. The van der Waals surface area contributed by atoms with Crippen LogP contribution in [0.1, 0.15) is 71.6 Å². The number of rotatable bonds is 9. The highest BCUT2D eigenvalue weighted by atomic mass is 16.3. The smallest absolute Gasteiger partial charge is 0.113 e. The third-order valence-electron chi connectivity index (χ3n) is 2.83. The summed E-state index contributed by atoms with van der Waals surface area (Å²) in [6.45, 7) is 4.16. The molecule has 0 aromatic carbocycles. The maximum absolute atomic E-state index is 9.54. The molecule has 0 fully saturated rings. The first-order valence-electron chi connectivity index (χ1n) is 6.13. The van der Waals surface area contributed by atoms with Gasteiger partial charge in [0.25, 0.3) is 0 Å². The Morgan fingerprint density at radius 2 is 1.43 bits per heavy atom. The van der Waals surface area contributed by atoms with Crippen molar-refractivity contribution in [2.24, 2.45) is 5.73 Å². The van der Waals surface area contributed by atoms with Gasteiger partial charge in [0.2, 0.25) is 0 Å². The van der Waals surface area contributed by atoms with E-state index in [-0.39, 0.29) is 0 Å². The molecule has 86 valence electrons. The van der Waals surface area contributed by atoms with Crippen molar-refractivity contribution >= 4 is 0 Å². The summed E-state index contributed by atoms with van der Waals surface area (Å²) in [5.74, 6) is 0. The average molecular weight is 201 g/mol. The molecule has 0 rings (SSSR count). The predicted molar refractivity (Wildman–Crippen MR) is 62.0 cm³/mol. The summed E-state index contributed by atoms with van der Waals surface area (Å²) in [4.78, 5) is 0. The van der Waals surface area contributed by atoms with Crippen LogP contribution in [0.15, 0.2) is 0 Å². The van der Waals surface area contributed by atoms with Gasteiger partial charge in [0.15, 0.2) is 0 Å². The minimum absolute atomic E-state index is 0.656. The van der Waals surface area contributed by atoms with Gasteiger partial charge in [0.05, 0.1) is 0 Å². The van der Waals surface area contributed by atoms with Crippen molar-refractivity contribution in [2.45, 2.75) is 77.4 Å². The summed E-state index contributed by atoms with van der Waals surface area (Å²) in [7, 11) is 0. The van der Waals surface area contributed by atoms with Crippen molar-refractivity contribution < 1.29 is 5.11 Å². The molecule has 1 unspecified atom stereocenters. The molecule has 2 heteroatoms. The van der Waals surface area contributed by atoms with Gasteiger partial charge in [0.1, 0.15) is 5.72 Å². The number of unbranched alkanes of at least 4 members (excludes halogenated alkanes) is 6. The lowest BCUT2D eigenvalue weighted by Crippen LogP contribution is -2.38. The van der Waals surface area contributed by atoms with Crippen LogP contribution in [0.3, 0.4) is 0 Å². The topological polar surface area (TPSA) is 46.2 Å². The highest BCUT2D eigenvalue weighted by molar-refractivity contribution is 4.67. The van der Waals surface area contributed by atoms with Crippen molar-refractivity contribution in [3.63, 3.8) is 0 Å². The Bertz CT molecular complexity index is 123. The molecule has 0 aliphatic rings. The molecule has 0 radical (unpaired) electrons. The molecule has 3 N–H and O–H groups in total. The third-order valence-corrected chi connectivity index (χ3v) is 2.83. The standard InChI is InChI=1S/C12H27NO/c1-3-5-6-7-8-9-10-11-12(13,14)4-2/h14H,3-11,13H2,1-2H3. The highest BCUT2D eigenvalue weighted by Gasteiger charge is 2.16. The van der Waals surface area contributed by atoms with Gasteiger partial charge < -0.3 is 10.8 Å². The van der Waals surface area contributed by atoms with E-state index in [1.165, 1.54) is 38.5 Å². The Labute approximate surface area is 88.9 Å². The van der Waals surface area contributed by atoms with E-state index in [4.69, 9.17) is 5.73 Å². The second kappa shape index (κ2) is 8.25. The lowest BCUT2D eigenvalue weighted by atomic mass is 10.0. The first-order valence-corrected chi connectivity index (χ1v) is 6.13. The maximum Gasteiger partial charge on any atom is 0.113 e. The van der Waals surface area contributed by atoms with Crippen LogP contribution < -0.4 is 5.73 Å². The largest absolute Gasteiger partial charge is 0.376 e. The van der Waals surface area contributed by atoms with Crippen LogP contribution >= 0.6 is 0 Å². The van der Waals surface area contributed by atoms with Crippen molar-refractivity contribution in [3.05, 3.63) is 0 Å². The van der Waals surface area contributed by atoms with E-state index in [2.05, 4.69) is 6.92 Å². The van der Waals surface area contributed by atoms with Crippen molar-refractivity contribution in [1.29, 1.82) is 0 Å². The molecule has 0 spiro atoms. The zero-order valence-corrected chi connectivity index (χ0v) is 9.89. The summed E-state index contributed by atoms with van der Waals surface area (Å²) in [6, 6.07) is 0. The SMILES string of the molecule is CCCCCCCCCC(N)(O)CC. The zero-order valence-electron chi connectivity index (χ0n) is 9.89. The van der Waals surface area contributed by atoms with Gasteiger partial charge in [0, 0.05) is 0 Å². The molecule has 1 atom stereocenters. The van der Waals surface area contributed by atoms with Gasteiger partial charge in [-0.25, -0.2) is 0 Å². The van der Waals surface area contributed by atoms with E-state index in [1.807, 2.05) is 6.92 Å². The van der Waals surface area contributed by atoms with Crippen LogP contribution in [0.4, 0.5) is 0 Å². The molecule has 0 aliphatic heterocycles. The van der Waals surface area contributed by atoms with Crippen molar-refractivity contribution in [3.8, 4) is 0 Å². The molecule has 0 bridgehead atoms. The van der Waals surface area contributed by atoms with Gasteiger partial charge in [-0.1, -0.05) is 52.4 Å². The van der Waals surface area contributed by atoms with Gasteiger partial charge in [-0.2, -0.15) is 0 Å². The molecule has 0 saturated carbocycles. The Kier molecular flexibility index (Phi) is 8.20. The normalized spacial score (nSPS) is 15.4. The first-order chi connectivity index (χ1) is 6.62. The van der Waals surface area contributed by atoms with Crippen LogP contribution in [0.2, 0.25) is 0 Å². The number of hydrogen-bond donors (Lipinski definition) is 2. The summed E-state index contributed by atoms with van der Waals surface area (Å²) in [5.41, 5.74) is 4.72. The summed E-state index contributed by atoms with van der Waals surface area (Å²) < 4.78 is 0. The molecular weight excluding hydrogens is 174 g/mol. The molecule has 0 saturated heterocycles. The Hall–Kier alpha value is -0.0800. The third kappa shape index (κ3) is 8.52. The maximum atomic E-state index is 9.54. The summed E-state index contributed by atoms with van der Waals surface area (Å²) in [5, 5.41) is 9.54. The quantitative estimate of drug-likeness (QED) is 0.444. The molecule has 0 aromatic rings.